The first-order valence-electron chi connectivity index (χ1n) is 8.11. The second kappa shape index (κ2) is 6.62. The zero-order chi connectivity index (χ0) is 18.1. The van der Waals surface area contributed by atoms with Gasteiger partial charge >= 0.3 is 0 Å². The average molecular weight is 364 g/mol. The van der Waals surface area contributed by atoms with Gasteiger partial charge in [0.05, 0.1) is 17.4 Å². The van der Waals surface area contributed by atoms with Gasteiger partial charge in [-0.15, -0.1) is 0 Å². The van der Waals surface area contributed by atoms with Gasteiger partial charge in [-0.2, -0.15) is 10.4 Å². The fraction of sp³-hybridized carbons (Fsp3) is 0.158. The van der Waals surface area contributed by atoms with Crippen LogP contribution < -0.4 is 10.5 Å². The molecule has 4 rings (SSSR count). The van der Waals surface area contributed by atoms with Gasteiger partial charge in [0, 0.05) is 35.9 Å². The minimum absolute atomic E-state index is 0.0403. The number of hydrogen-bond donors (Lipinski definition) is 0. The Kier molecular flexibility index (Phi) is 4.15. The van der Waals surface area contributed by atoms with E-state index in [0.29, 0.717) is 23.8 Å². The summed E-state index contributed by atoms with van der Waals surface area (Å²) in [5.74, 6) is 0. The highest BCUT2D eigenvalue weighted by molar-refractivity contribution is 6.30. The van der Waals surface area contributed by atoms with E-state index in [1.165, 1.54) is 10.7 Å². The van der Waals surface area contributed by atoms with E-state index in [2.05, 4.69) is 16.2 Å². The molecule has 0 spiro atoms. The molecule has 128 valence electrons. The minimum Gasteiger partial charge on any atom is -0.365 e. The maximum atomic E-state index is 12.3. The molecule has 1 fully saturated rings. The van der Waals surface area contributed by atoms with E-state index in [4.69, 9.17) is 11.6 Å². The van der Waals surface area contributed by atoms with Crippen molar-refractivity contribution in [3.63, 3.8) is 0 Å². The van der Waals surface area contributed by atoms with E-state index in [-0.39, 0.29) is 11.6 Å². The van der Waals surface area contributed by atoms with Crippen LogP contribution in [0.5, 0.6) is 0 Å². The summed E-state index contributed by atoms with van der Waals surface area (Å²) in [6, 6.07) is 16.3. The van der Waals surface area contributed by atoms with Crippen LogP contribution in [-0.2, 0) is 0 Å². The highest BCUT2D eigenvalue weighted by Crippen LogP contribution is 2.28. The number of hydrogen-bond acceptors (Lipinski definition) is 5. The SMILES string of the molecule is N#Cc1ncccc1N1CC(n2nc(-c3ccc(Cl)cc3)ccc2=O)C1. The van der Waals surface area contributed by atoms with Crippen LogP contribution in [0.4, 0.5) is 5.69 Å². The molecule has 3 heterocycles. The summed E-state index contributed by atoms with van der Waals surface area (Å²) in [5, 5.41) is 14.4. The van der Waals surface area contributed by atoms with Crippen LogP contribution in [0, 0.1) is 11.3 Å². The Balaban J connectivity index is 1.58. The number of aromatic nitrogens is 3. The largest absolute Gasteiger partial charge is 0.365 e. The van der Waals surface area contributed by atoms with E-state index in [1.807, 2.05) is 23.1 Å². The average Bonchev–Trinajstić information content (AvgIpc) is 2.63. The standard InChI is InChI=1S/C19H14ClN5O/c20-14-5-3-13(4-6-14)16-7-8-19(26)25(23-16)15-11-24(12-15)18-2-1-9-22-17(18)10-21/h1-9,15H,11-12H2. The Morgan fingerprint density at radius 3 is 2.62 bits per heavy atom. The summed E-state index contributed by atoms with van der Waals surface area (Å²) in [5.41, 5.74) is 2.66. The monoisotopic (exact) mass is 363 g/mol. The van der Waals surface area contributed by atoms with E-state index in [1.54, 1.807) is 30.5 Å². The van der Waals surface area contributed by atoms with Gasteiger partial charge in [0.15, 0.2) is 5.69 Å². The van der Waals surface area contributed by atoms with E-state index >= 15 is 0 Å². The van der Waals surface area contributed by atoms with Gasteiger partial charge in [-0.25, -0.2) is 9.67 Å². The first kappa shape index (κ1) is 16.3. The lowest BCUT2D eigenvalue weighted by Crippen LogP contribution is -2.51. The maximum Gasteiger partial charge on any atom is 0.267 e. The number of benzene rings is 1. The molecule has 0 radical (unpaired) electrons. The van der Waals surface area contributed by atoms with Crippen LogP contribution in [0.1, 0.15) is 11.7 Å². The molecule has 1 aliphatic heterocycles. The Bertz CT molecular complexity index is 1050. The van der Waals surface area contributed by atoms with Crippen LogP contribution in [-0.4, -0.2) is 27.9 Å². The summed E-state index contributed by atoms with van der Waals surface area (Å²) in [6.07, 6.45) is 1.60. The van der Waals surface area contributed by atoms with Crippen molar-refractivity contribution in [2.75, 3.05) is 18.0 Å². The Morgan fingerprint density at radius 2 is 1.88 bits per heavy atom. The van der Waals surface area contributed by atoms with E-state index < -0.39 is 0 Å². The normalized spacial score (nSPS) is 13.9. The zero-order valence-electron chi connectivity index (χ0n) is 13.7. The number of nitriles is 1. The van der Waals surface area contributed by atoms with Crippen molar-refractivity contribution in [3.05, 3.63) is 75.8 Å². The lowest BCUT2D eigenvalue weighted by Gasteiger charge is -2.41. The summed E-state index contributed by atoms with van der Waals surface area (Å²) >= 11 is 5.93. The number of nitrogens with zero attached hydrogens (tertiary/aromatic N) is 5. The molecule has 0 N–H and O–H groups in total. The molecule has 0 bridgehead atoms. The van der Waals surface area contributed by atoms with Crippen molar-refractivity contribution in [2.45, 2.75) is 6.04 Å². The molecule has 2 aromatic heterocycles. The molecule has 0 saturated carbocycles. The van der Waals surface area contributed by atoms with Crippen molar-refractivity contribution in [1.82, 2.24) is 14.8 Å². The molecule has 6 nitrogen and oxygen atoms in total. The van der Waals surface area contributed by atoms with Gasteiger partial charge in [-0.05, 0) is 30.3 Å². The van der Waals surface area contributed by atoms with Crippen molar-refractivity contribution in [2.24, 2.45) is 0 Å². The third kappa shape index (κ3) is 2.93. The smallest absolute Gasteiger partial charge is 0.267 e. The van der Waals surface area contributed by atoms with Crippen molar-refractivity contribution in [1.29, 1.82) is 5.26 Å². The van der Waals surface area contributed by atoms with Crippen LogP contribution in [0.3, 0.4) is 0 Å². The third-order valence-electron chi connectivity index (χ3n) is 4.41. The number of pyridine rings is 1. The third-order valence-corrected chi connectivity index (χ3v) is 4.66. The Hall–Kier alpha value is -3.17. The number of rotatable bonds is 3. The van der Waals surface area contributed by atoms with Crippen molar-refractivity contribution < 1.29 is 0 Å². The Morgan fingerprint density at radius 1 is 1.12 bits per heavy atom. The Labute approximate surface area is 154 Å². The zero-order valence-corrected chi connectivity index (χ0v) is 14.5. The molecule has 1 aliphatic rings. The first-order valence-corrected chi connectivity index (χ1v) is 8.49. The van der Waals surface area contributed by atoms with Crippen LogP contribution in [0.2, 0.25) is 5.02 Å². The van der Waals surface area contributed by atoms with Gasteiger partial charge in [-0.1, -0.05) is 23.7 Å². The lowest BCUT2D eigenvalue weighted by molar-refractivity contribution is 0.354. The predicted octanol–water partition coefficient (Wildman–Crippen LogP) is 2.89. The number of halogens is 1. The molecule has 1 aromatic carbocycles. The fourth-order valence-electron chi connectivity index (χ4n) is 3.01. The van der Waals surface area contributed by atoms with E-state index in [9.17, 15) is 10.1 Å². The maximum absolute atomic E-state index is 12.3. The van der Waals surface area contributed by atoms with Gasteiger partial charge in [-0.3, -0.25) is 4.79 Å². The second-order valence-corrected chi connectivity index (χ2v) is 6.49. The molecule has 0 aliphatic carbocycles. The molecule has 0 unspecified atom stereocenters. The van der Waals surface area contributed by atoms with Gasteiger partial charge in [0.1, 0.15) is 6.07 Å². The van der Waals surface area contributed by atoms with Gasteiger partial charge < -0.3 is 4.90 Å². The highest BCUT2D eigenvalue weighted by Gasteiger charge is 2.31. The second-order valence-electron chi connectivity index (χ2n) is 6.05. The lowest BCUT2D eigenvalue weighted by atomic mass is 10.1. The molecular weight excluding hydrogens is 350 g/mol. The molecule has 3 aromatic rings. The molecule has 0 atom stereocenters. The quantitative estimate of drug-likeness (QED) is 0.715. The molecule has 1 saturated heterocycles. The van der Waals surface area contributed by atoms with Crippen molar-refractivity contribution >= 4 is 17.3 Å². The highest BCUT2D eigenvalue weighted by atomic mass is 35.5. The topological polar surface area (TPSA) is 74.8 Å². The molecule has 26 heavy (non-hydrogen) atoms. The summed E-state index contributed by atoms with van der Waals surface area (Å²) < 4.78 is 1.52. The van der Waals surface area contributed by atoms with Gasteiger partial charge in [0.25, 0.3) is 5.56 Å². The van der Waals surface area contributed by atoms with Crippen LogP contribution in [0.25, 0.3) is 11.3 Å². The summed E-state index contributed by atoms with van der Waals surface area (Å²) in [6.45, 7) is 1.22. The summed E-state index contributed by atoms with van der Waals surface area (Å²) in [4.78, 5) is 18.4. The minimum atomic E-state index is -0.140. The van der Waals surface area contributed by atoms with Gasteiger partial charge in [0.2, 0.25) is 0 Å². The van der Waals surface area contributed by atoms with Crippen LogP contribution in [0.15, 0.2) is 59.5 Å². The molecule has 0 amide bonds. The van der Waals surface area contributed by atoms with E-state index in [0.717, 1.165) is 16.9 Å². The molecule has 7 heteroatoms. The first-order chi connectivity index (χ1) is 12.7. The molecular formula is C19H14ClN5O. The number of anilines is 1. The van der Waals surface area contributed by atoms with Crippen molar-refractivity contribution in [3.8, 4) is 17.3 Å². The predicted molar refractivity (Wildman–Crippen MR) is 99.1 cm³/mol. The van der Waals surface area contributed by atoms with Crippen LogP contribution >= 0.6 is 11.6 Å². The fourth-order valence-corrected chi connectivity index (χ4v) is 3.13. The summed E-state index contributed by atoms with van der Waals surface area (Å²) in [7, 11) is 0.